The highest BCUT2D eigenvalue weighted by atomic mass is 32.2. The van der Waals surface area contributed by atoms with Gasteiger partial charge in [0.25, 0.3) is 0 Å². The summed E-state index contributed by atoms with van der Waals surface area (Å²) in [5, 5.41) is 3.30. The van der Waals surface area contributed by atoms with Gasteiger partial charge in [0.2, 0.25) is 5.91 Å². The van der Waals surface area contributed by atoms with Crippen LogP contribution in [0.4, 0.5) is 0 Å². The second-order valence-electron chi connectivity index (χ2n) is 6.02. The number of nitrogens with zero attached hydrogens (tertiary/aromatic N) is 1. The van der Waals surface area contributed by atoms with Crippen molar-refractivity contribution in [3.8, 4) is 0 Å². The second kappa shape index (κ2) is 7.14. The van der Waals surface area contributed by atoms with Gasteiger partial charge in [0.15, 0.2) is 0 Å². The number of hydrogen-bond acceptors (Lipinski definition) is 4. The maximum atomic E-state index is 12.2. The zero-order valence-electron chi connectivity index (χ0n) is 13.0. The first-order valence-electron chi connectivity index (χ1n) is 7.76. The van der Waals surface area contributed by atoms with Crippen LogP contribution in [0.3, 0.4) is 0 Å². The molecule has 2 atom stereocenters. The normalized spacial score (nSPS) is 26.1. The van der Waals surface area contributed by atoms with Crippen LogP contribution in [0.1, 0.15) is 39.5 Å². The predicted octanol–water partition coefficient (Wildman–Crippen LogP) is 1.89. The molecule has 116 valence electrons. The van der Waals surface area contributed by atoms with Gasteiger partial charge in [-0.1, -0.05) is 12.8 Å². The lowest BCUT2D eigenvalue weighted by atomic mass is 9.86. The maximum Gasteiger partial charge on any atom is 0.233 e. The summed E-state index contributed by atoms with van der Waals surface area (Å²) in [5.74, 6) is 0.171. The Morgan fingerprint density at radius 3 is 2.40 bits per heavy atom. The lowest BCUT2D eigenvalue weighted by molar-refractivity contribution is -0.122. The summed E-state index contributed by atoms with van der Waals surface area (Å²) >= 11 is 1.61. The van der Waals surface area contributed by atoms with Crippen molar-refractivity contribution in [2.24, 2.45) is 0 Å². The number of amides is 1. The van der Waals surface area contributed by atoms with E-state index in [1.165, 1.54) is 25.7 Å². The van der Waals surface area contributed by atoms with E-state index in [9.17, 15) is 4.79 Å². The number of morpholine rings is 1. The van der Waals surface area contributed by atoms with Crippen LogP contribution in [-0.2, 0) is 9.53 Å². The van der Waals surface area contributed by atoms with E-state index in [0.29, 0.717) is 0 Å². The Balaban J connectivity index is 2.05. The highest BCUT2D eigenvalue weighted by Crippen LogP contribution is 2.38. The summed E-state index contributed by atoms with van der Waals surface area (Å²) in [6.45, 7) is 7.80. The van der Waals surface area contributed by atoms with Gasteiger partial charge in [-0.05, 0) is 32.9 Å². The summed E-state index contributed by atoms with van der Waals surface area (Å²) in [7, 11) is 0. The highest BCUT2D eigenvalue weighted by Gasteiger charge is 2.45. The topological polar surface area (TPSA) is 41.6 Å². The summed E-state index contributed by atoms with van der Waals surface area (Å²) in [6.07, 6.45) is 6.93. The lowest BCUT2D eigenvalue weighted by Crippen LogP contribution is -2.62. The van der Waals surface area contributed by atoms with Crippen LogP contribution >= 0.6 is 11.8 Å². The molecule has 0 unspecified atom stereocenters. The number of rotatable bonds is 5. The first-order chi connectivity index (χ1) is 9.60. The van der Waals surface area contributed by atoms with Crippen LogP contribution in [0, 0.1) is 0 Å². The van der Waals surface area contributed by atoms with Crippen molar-refractivity contribution < 1.29 is 9.53 Å². The molecule has 1 saturated heterocycles. The van der Waals surface area contributed by atoms with E-state index in [-0.39, 0.29) is 22.7 Å². The smallest absolute Gasteiger partial charge is 0.233 e. The number of carbonyl (C=O) groups is 1. The Labute approximate surface area is 127 Å². The van der Waals surface area contributed by atoms with E-state index in [0.717, 1.165) is 26.3 Å². The molecule has 0 aromatic heterocycles. The molecule has 1 heterocycles. The molecular formula is C15H28N2O2S. The molecule has 1 N–H and O–H groups in total. The summed E-state index contributed by atoms with van der Waals surface area (Å²) in [6, 6.07) is 0.213. The molecule has 0 bridgehead atoms. The van der Waals surface area contributed by atoms with Crippen molar-refractivity contribution in [3.63, 3.8) is 0 Å². The zero-order chi connectivity index (χ0) is 14.6. The average Bonchev–Trinajstić information content (AvgIpc) is 2.98. The fraction of sp³-hybridized carbons (Fsp3) is 0.933. The zero-order valence-corrected chi connectivity index (χ0v) is 13.8. The van der Waals surface area contributed by atoms with Gasteiger partial charge in [-0.15, -0.1) is 0 Å². The maximum absolute atomic E-state index is 12.2. The Morgan fingerprint density at radius 1 is 1.25 bits per heavy atom. The molecule has 1 aliphatic heterocycles. The molecule has 2 fully saturated rings. The Hall–Kier alpha value is -0.260. The van der Waals surface area contributed by atoms with Crippen LogP contribution < -0.4 is 5.32 Å². The number of hydrogen-bond donors (Lipinski definition) is 1. The predicted molar refractivity (Wildman–Crippen MR) is 84.2 cm³/mol. The fourth-order valence-corrected chi connectivity index (χ4v) is 3.87. The van der Waals surface area contributed by atoms with Gasteiger partial charge >= 0.3 is 0 Å². The second-order valence-corrected chi connectivity index (χ2v) is 7.20. The number of carbonyl (C=O) groups excluding carboxylic acids is 1. The first kappa shape index (κ1) is 16.1. The molecule has 1 amide bonds. The molecule has 2 aliphatic rings. The lowest BCUT2D eigenvalue weighted by Gasteiger charge is -2.47. The third kappa shape index (κ3) is 3.31. The van der Waals surface area contributed by atoms with E-state index in [4.69, 9.17) is 4.74 Å². The van der Waals surface area contributed by atoms with Gasteiger partial charge in [0, 0.05) is 24.7 Å². The number of nitrogens with one attached hydrogen (secondary N) is 1. The van der Waals surface area contributed by atoms with Gasteiger partial charge in [0.1, 0.15) is 0 Å². The van der Waals surface area contributed by atoms with Crippen molar-refractivity contribution in [1.82, 2.24) is 10.2 Å². The quantitative estimate of drug-likeness (QED) is 0.842. The van der Waals surface area contributed by atoms with Crippen molar-refractivity contribution in [2.45, 2.75) is 56.4 Å². The molecular weight excluding hydrogens is 272 g/mol. The van der Waals surface area contributed by atoms with Crippen LogP contribution in [0.25, 0.3) is 0 Å². The van der Waals surface area contributed by atoms with Gasteiger partial charge in [-0.25, -0.2) is 0 Å². The van der Waals surface area contributed by atoms with Gasteiger partial charge in [-0.3, -0.25) is 9.69 Å². The molecule has 0 aromatic rings. The first-order valence-corrected chi connectivity index (χ1v) is 9.05. The molecule has 20 heavy (non-hydrogen) atoms. The van der Waals surface area contributed by atoms with Crippen molar-refractivity contribution in [2.75, 3.05) is 32.6 Å². The minimum Gasteiger partial charge on any atom is -0.379 e. The van der Waals surface area contributed by atoms with E-state index in [2.05, 4.69) is 17.1 Å². The summed E-state index contributed by atoms with van der Waals surface area (Å²) in [4.78, 5) is 14.8. The van der Waals surface area contributed by atoms with Crippen molar-refractivity contribution in [3.05, 3.63) is 0 Å². The minimum absolute atomic E-state index is 0.0283. The van der Waals surface area contributed by atoms with Gasteiger partial charge in [-0.2, -0.15) is 11.8 Å². The third-order valence-electron chi connectivity index (χ3n) is 5.00. The molecule has 0 radical (unpaired) electrons. The van der Waals surface area contributed by atoms with E-state index in [1.807, 2.05) is 13.2 Å². The van der Waals surface area contributed by atoms with E-state index >= 15 is 0 Å². The molecule has 0 spiro atoms. The molecule has 5 heteroatoms. The standard InChI is InChI=1S/C15H28N2O2S/c1-12(20-3)14(18)16-13(2)15(6-4-5-7-15)17-8-10-19-11-9-17/h12-13H,4-11H2,1-3H3,(H,16,18)/t12-,13-/m0/s1. The summed E-state index contributed by atoms with van der Waals surface area (Å²) in [5.41, 5.74) is 0.150. The fourth-order valence-electron chi connectivity index (χ4n) is 3.59. The average molecular weight is 300 g/mol. The molecule has 1 aliphatic carbocycles. The van der Waals surface area contributed by atoms with E-state index in [1.54, 1.807) is 11.8 Å². The van der Waals surface area contributed by atoms with E-state index < -0.39 is 0 Å². The number of thioether (sulfide) groups is 1. The van der Waals surface area contributed by atoms with Crippen molar-refractivity contribution >= 4 is 17.7 Å². The molecule has 2 rings (SSSR count). The van der Waals surface area contributed by atoms with Gasteiger partial charge in [0.05, 0.1) is 18.5 Å². The summed E-state index contributed by atoms with van der Waals surface area (Å²) < 4.78 is 5.49. The van der Waals surface area contributed by atoms with Crippen LogP contribution in [0.15, 0.2) is 0 Å². The Kier molecular flexibility index (Phi) is 5.75. The molecule has 4 nitrogen and oxygen atoms in total. The Morgan fingerprint density at radius 2 is 1.85 bits per heavy atom. The largest absolute Gasteiger partial charge is 0.379 e. The van der Waals surface area contributed by atoms with Crippen LogP contribution in [-0.4, -0.2) is 60.2 Å². The highest BCUT2D eigenvalue weighted by molar-refractivity contribution is 7.99. The van der Waals surface area contributed by atoms with Gasteiger partial charge < -0.3 is 10.1 Å². The Bertz CT molecular complexity index is 326. The minimum atomic E-state index is 0.0283. The van der Waals surface area contributed by atoms with Crippen molar-refractivity contribution in [1.29, 1.82) is 0 Å². The SMILES string of the molecule is CS[C@@H](C)C(=O)N[C@@H](C)C1(N2CCOCC2)CCCC1. The molecule has 1 saturated carbocycles. The van der Waals surface area contributed by atoms with Crippen LogP contribution in [0.5, 0.6) is 0 Å². The number of ether oxygens (including phenoxy) is 1. The third-order valence-corrected chi connectivity index (χ3v) is 5.92. The van der Waals surface area contributed by atoms with Crippen LogP contribution in [0.2, 0.25) is 0 Å². The molecule has 0 aromatic carbocycles. The monoisotopic (exact) mass is 300 g/mol.